The minimum absolute atomic E-state index is 0.334. The standard InChI is InChI=1S/C20H28N2O/c1-23-19-9-5-6-16(14-19)20(15-21)12-10-18(11-13-20)22-17-7-3-2-4-8-17/h5-6,9,14,17-18,22H,2-4,7-8,10-13H2,1H3/t18-,20-. The molecule has 0 atom stereocenters. The molecule has 0 aliphatic heterocycles. The van der Waals surface area contributed by atoms with Gasteiger partial charge in [-0.2, -0.15) is 5.26 Å². The molecule has 0 bridgehead atoms. The first kappa shape index (κ1) is 16.3. The molecule has 0 unspecified atom stereocenters. The molecule has 2 saturated carbocycles. The molecule has 2 aliphatic carbocycles. The zero-order chi connectivity index (χ0) is 16.1. The molecule has 23 heavy (non-hydrogen) atoms. The summed E-state index contributed by atoms with van der Waals surface area (Å²) in [5.41, 5.74) is 0.787. The van der Waals surface area contributed by atoms with E-state index in [4.69, 9.17) is 4.74 Å². The number of rotatable bonds is 4. The van der Waals surface area contributed by atoms with Crippen molar-refractivity contribution in [3.8, 4) is 11.8 Å². The average molecular weight is 312 g/mol. The van der Waals surface area contributed by atoms with Crippen LogP contribution in [0.25, 0.3) is 0 Å². The lowest BCUT2D eigenvalue weighted by atomic mass is 9.69. The summed E-state index contributed by atoms with van der Waals surface area (Å²) in [6, 6.07) is 12.0. The minimum atomic E-state index is -0.334. The Morgan fingerprint density at radius 3 is 2.43 bits per heavy atom. The molecular weight excluding hydrogens is 284 g/mol. The summed E-state index contributed by atoms with van der Waals surface area (Å²) < 4.78 is 5.34. The van der Waals surface area contributed by atoms with Crippen molar-refractivity contribution in [1.82, 2.24) is 5.32 Å². The van der Waals surface area contributed by atoms with Crippen molar-refractivity contribution in [2.24, 2.45) is 0 Å². The molecule has 0 saturated heterocycles. The molecular formula is C20H28N2O. The van der Waals surface area contributed by atoms with Gasteiger partial charge in [0.2, 0.25) is 0 Å². The van der Waals surface area contributed by atoms with Crippen LogP contribution in [0.4, 0.5) is 0 Å². The maximum Gasteiger partial charge on any atom is 0.119 e. The number of benzene rings is 1. The molecule has 1 aromatic carbocycles. The number of hydrogen-bond acceptors (Lipinski definition) is 3. The van der Waals surface area contributed by atoms with Crippen molar-refractivity contribution in [2.45, 2.75) is 75.3 Å². The Bertz CT molecular complexity index is 549. The highest BCUT2D eigenvalue weighted by Gasteiger charge is 2.37. The van der Waals surface area contributed by atoms with Gasteiger partial charge in [-0.05, 0) is 56.2 Å². The van der Waals surface area contributed by atoms with Crippen LogP contribution in [0.3, 0.4) is 0 Å². The number of ether oxygens (including phenoxy) is 1. The maximum atomic E-state index is 9.86. The fourth-order valence-electron chi connectivity index (χ4n) is 4.27. The second-order valence-corrected chi connectivity index (χ2v) is 7.20. The van der Waals surface area contributed by atoms with E-state index in [0.29, 0.717) is 12.1 Å². The lowest BCUT2D eigenvalue weighted by Gasteiger charge is -2.38. The van der Waals surface area contributed by atoms with Crippen LogP contribution in [0.1, 0.15) is 63.4 Å². The highest BCUT2D eigenvalue weighted by Crippen LogP contribution is 2.40. The summed E-state index contributed by atoms with van der Waals surface area (Å²) in [4.78, 5) is 0. The normalized spacial score (nSPS) is 29.0. The van der Waals surface area contributed by atoms with E-state index in [9.17, 15) is 5.26 Å². The molecule has 0 spiro atoms. The summed E-state index contributed by atoms with van der Waals surface area (Å²) in [5.74, 6) is 0.847. The Morgan fingerprint density at radius 1 is 1.09 bits per heavy atom. The van der Waals surface area contributed by atoms with Crippen molar-refractivity contribution < 1.29 is 4.74 Å². The minimum Gasteiger partial charge on any atom is -0.497 e. The number of nitrogens with one attached hydrogen (secondary N) is 1. The molecule has 2 fully saturated rings. The molecule has 0 amide bonds. The molecule has 3 rings (SSSR count). The quantitative estimate of drug-likeness (QED) is 0.900. The van der Waals surface area contributed by atoms with Gasteiger partial charge in [-0.1, -0.05) is 31.4 Å². The van der Waals surface area contributed by atoms with Gasteiger partial charge in [0.25, 0.3) is 0 Å². The monoisotopic (exact) mass is 312 g/mol. The Hall–Kier alpha value is -1.53. The third kappa shape index (κ3) is 3.70. The predicted molar refractivity (Wildman–Crippen MR) is 92.5 cm³/mol. The van der Waals surface area contributed by atoms with Gasteiger partial charge in [0, 0.05) is 12.1 Å². The van der Waals surface area contributed by atoms with Crippen molar-refractivity contribution >= 4 is 0 Å². The zero-order valence-corrected chi connectivity index (χ0v) is 14.2. The summed E-state index contributed by atoms with van der Waals surface area (Å²) >= 11 is 0. The van der Waals surface area contributed by atoms with Gasteiger partial charge in [0.15, 0.2) is 0 Å². The molecule has 124 valence electrons. The lowest BCUT2D eigenvalue weighted by molar-refractivity contribution is 0.253. The van der Waals surface area contributed by atoms with E-state index in [2.05, 4.69) is 17.5 Å². The third-order valence-corrected chi connectivity index (χ3v) is 5.75. The van der Waals surface area contributed by atoms with Crippen molar-refractivity contribution in [3.63, 3.8) is 0 Å². The fraction of sp³-hybridized carbons (Fsp3) is 0.650. The maximum absolute atomic E-state index is 9.86. The Kier molecular flexibility index (Phi) is 5.23. The molecule has 0 heterocycles. The number of nitrogens with zero attached hydrogens (tertiary/aromatic N) is 1. The smallest absolute Gasteiger partial charge is 0.119 e. The first-order valence-corrected chi connectivity index (χ1v) is 9.07. The van der Waals surface area contributed by atoms with Gasteiger partial charge >= 0.3 is 0 Å². The van der Waals surface area contributed by atoms with Gasteiger partial charge in [0.1, 0.15) is 5.75 Å². The molecule has 1 N–H and O–H groups in total. The van der Waals surface area contributed by atoms with E-state index >= 15 is 0 Å². The predicted octanol–water partition coefficient (Wildman–Crippen LogP) is 4.32. The van der Waals surface area contributed by atoms with E-state index in [1.165, 1.54) is 32.1 Å². The number of hydrogen-bond donors (Lipinski definition) is 1. The number of nitriles is 1. The van der Waals surface area contributed by atoms with Gasteiger partial charge < -0.3 is 10.1 Å². The number of methoxy groups -OCH3 is 1. The second-order valence-electron chi connectivity index (χ2n) is 7.20. The van der Waals surface area contributed by atoms with E-state index < -0.39 is 0 Å². The molecule has 0 aromatic heterocycles. The molecule has 1 aromatic rings. The third-order valence-electron chi connectivity index (χ3n) is 5.75. The van der Waals surface area contributed by atoms with E-state index in [0.717, 1.165) is 37.0 Å². The molecule has 0 radical (unpaired) electrons. The summed E-state index contributed by atoms with van der Waals surface area (Å²) in [7, 11) is 1.68. The average Bonchev–Trinajstić information content (AvgIpc) is 2.63. The van der Waals surface area contributed by atoms with Crippen LogP contribution >= 0.6 is 0 Å². The Balaban J connectivity index is 1.63. The largest absolute Gasteiger partial charge is 0.497 e. The van der Waals surface area contributed by atoms with Crippen LogP contribution in [-0.4, -0.2) is 19.2 Å². The van der Waals surface area contributed by atoms with Crippen LogP contribution < -0.4 is 10.1 Å². The Morgan fingerprint density at radius 2 is 1.78 bits per heavy atom. The summed E-state index contributed by atoms with van der Waals surface area (Å²) in [6.45, 7) is 0. The van der Waals surface area contributed by atoms with Crippen LogP contribution in [0.5, 0.6) is 5.75 Å². The Labute approximate surface area is 140 Å². The van der Waals surface area contributed by atoms with E-state index in [-0.39, 0.29) is 5.41 Å². The van der Waals surface area contributed by atoms with Gasteiger partial charge in [-0.15, -0.1) is 0 Å². The van der Waals surface area contributed by atoms with Gasteiger partial charge in [-0.25, -0.2) is 0 Å². The second kappa shape index (κ2) is 7.36. The molecule has 3 nitrogen and oxygen atoms in total. The van der Waals surface area contributed by atoms with Gasteiger partial charge in [-0.3, -0.25) is 0 Å². The zero-order valence-electron chi connectivity index (χ0n) is 14.2. The molecule has 2 aliphatic rings. The van der Waals surface area contributed by atoms with Crippen molar-refractivity contribution in [3.05, 3.63) is 29.8 Å². The van der Waals surface area contributed by atoms with Crippen molar-refractivity contribution in [2.75, 3.05) is 7.11 Å². The summed E-state index contributed by atoms with van der Waals surface area (Å²) in [5, 5.41) is 13.7. The first-order chi connectivity index (χ1) is 11.3. The van der Waals surface area contributed by atoms with E-state index in [1.807, 2.05) is 18.2 Å². The highest BCUT2D eigenvalue weighted by molar-refractivity contribution is 5.38. The first-order valence-electron chi connectivity index (χ1n) is 9.07. The van der Waals surface area contributed by atoms with Crippen LogP contribution in [-0.2, 0) is 5.41 Å². The van der Waals surface area contributed by atoms with E-state index in [1.54, 1.807) is 7.11 Å². The lowest BCUT2D eigenvalue weighted by Crippen LogP contribution is -2.44. The highest BCUT2D eigenvalue weighted by atomic mass is 16.5. The SMILES string of the molecule is COc1cccc([C@]2(C#N)CC[C@@H](NC3CCCCC3)CC2)c1. The molecule has 3 heteroatoms. The summed E-state index contributed by atoms with van der Waals surface area (Å²) in [6.07, 6.45) is 10.9. The van der Waals surface area contributed by atoms with Gasteiger partial charge in [0.05, 0.1) is 18.6 Å². The van der Waals surface area contributed by atoms with Crippen molar-refractivity contribution in [1.29, 1.82) is 5.26 Å². The van der Waals surface area contributed by atoms with Crippen LogP contribution in [0, 0.1) is 11.3 Å². The fourth-order valence-corrected chi connectivity index (χ4v) is 4.27. The topological polar surface area (TPSA) is 45.0 Å². The van der Waals surface area contributed by atoms with Crippen LogP contribution in [0.15, 0.2) is 24.3 Å². The van der Waals surface area contributed by atoms with Crippen LogP contribution in [0.2, 0.25) is 0 Å².